The maximum Gasteiger partial charge on any atom is 0.253 e. The molecule has 0 amide bonds. The molecule has 9 aromatic carbocycles. The number of aromatic nitrogens is 3. The summed E-state index contributed by atoms with van der Waals surface area (Å²) in [6.45, 7) is 42.9. The van der Waals surface area contributed by atoms with E-state index in [1.165, 1.54) is 171 Å². The molecule has 4 aliphatic rings. The second kappa shape index (κ2) is 16.4. The zero-order chi connectivity index (χ0) is 58.7. The van der Waals surface area contributed by atoms with Crippen LogP contribution >= 0.6 is 0 Å². The summed E-state index contributed by atoms with van der Waals surface area (Å²) in [6.07, 6.45) is 0. The van der Waals surface area contributed by atoms with E-state index in [1.54, 1.807) is 0 Å². The lowest BCUT2D eigenvalue weighted by molar-refractivity contribution is 0.583. The number of rotatable bonds is 4. The molecule has 84 heavy (non-hydrogen) atoms. The average Bonchev–Trinajstić information content (AvgIpc) is 1.41. The molecular weight excluding hydrogens is 1010 g/mol. The Balaban J connectivity index is 1.19. The van der Waals surface area contributed by atoms with E-state index in [4.69, 9.17) is 0 Å². The lowest BCUT2D eigenvalue weighted by Crippen LogP contribution is -2.61. The van der Waals surface area contributed by atoms with Gasteiger partial charge in [0, 0.05) is 54.9 Å². The van der Waals surface area contributed by atoms with Gasteiger partial charge in [0.15, 0.2) is 0 Å². The van der Waals surface area contributed by atoms with E-state index < -0.39 is 5.41 Å². The molecule has 0 saturated heterocycles. The molecule has 3 nitrogen and oxygen atoms in total. The first-order valence-electron chi connectivity index (χ1n) is 31.5. The van der Waals surface area contributed by atoms with E-state index in [-0.39, 0.29) is 28.4 Å². The summed E-state index contributed by atoms with van der Waals surface area (Å²) < 4.78 is 8.23. The fourth-order valence-electron chi connectivity index (χ4n) is 16.2. The van der Waals surface area contributed by atoms with Gasteiger partial charge in [-0.2, -0.15) is 0 Å². The van der Waals surface area contributed by atoms with E-state index in [2.05, 4.69) is 278 Å². The molecule has 1 aliphatic carbocycles. The summed E-state index contributed by atoms with van der Waals surface area (Å²) in [5.41, 5.74) is 33.0. The Morgan fingerprint density at radius 3 is 1.49 bits per heavy atom. The minimum absolute atomic E-state index is 0.0724. The van der Waals surface area contributed by atoms with Crippen LogP contribution in [0.5, 0.6) is 0 Å². The van der Waals surface area contributed by atoms with Gasteiger partial charge in [-0.05, 0) is 183 Å². The predicted octanol–water partition coefficient (Wildman–Crippen LogP) is 19.4. The number of benzene rings is 9. The lowest BCUT2D eigenvalue weighted by Gasteiger charge is -2.45. The van der Waals surface area contributed by atoms with Gasteiger partial charge in [-0.3, -0.25) is 0 Å². The second-order valence-corrected chi connectivity index (χ2v) is 31.2. The van der Waals surface area contributed by atoms with Crippen LogP contribution in [0.4, 0.5) is 0 Å². The van der Waals surface area contributed by atoms with Crippen molar-refractivity contribution in [1.82, 2.24) is 13.7 Å². The number of fused-ring (bicyclic) bond motifs is 18. The first kappa shape index (κ1) is 52.0. The third-order valence-corrected chi connectivity index (χ3v) is 21.0. The van der Waals surface area contributed by atoms with Crippen molar-refractivity contribution in [2.45, 2.75) is 169 Å². The zero-order valence-corrected chi connectivity index (χ0v) is 52.9. The molecule has 418 valence electrons. The highest BCUT2D eigenvalue weighted by Gasteiger charge is 2.56. The average molecular weight is 1090 g/mol. The van der Waals surface area contributed by atoms with Gasteiger partial charge >= 0.3 is 0 Å². The van der Waals surface area contributed by atoms with Gasteiger partial charge in [0.05, 0.1) is 33.0 Å². The van der Waals surface area contributed by atoms with E-state index in [9.17, 15) is 0 Å². The zero-order valence-electron chi connectivity index (χ0n) is 52.9. The molecule has 12 aromatic rings. The van der Waals surface area contributed by atoms with Gasteiger partial charge in [0.2, 0.25) is 0 Å². The van der Waals surface area contributed by atoms with Gasteiger partial charge in [-0.1, -0.05) is 210 Å². The summed E-state index contributed by atoms with van der Waals surface area (Å²) in [5.74, 6) is 1.16. The molecule has 4 heteroatoms. The van der Waals surface area contributed by atoms with Crippen molar-refractivity contribution in [3.05, 3.63) is 201 Å². The third-order valence-electron chi connectivity index (χ3n) is 21.0. The van der Waals surface area contributed by atoms with Crippen LogP contribution in [0.3, 0.4) is 0 Å². The van der Waals surface area contributed by atoms with Crippen molar-refractivity contribution < 1.29 is 0 Å². The Bertz CT molecular complexity index is 4890. The number of hydrogen-bond acceptors (Lipinski definition) is 0. The number of nitrogens with zero attached hydrogens (tertiary/aromatic N) is 3. The van der Waals surface area contributed by atoms with Crippen LogP contribution in [0, 0.1) is 0 Å². The highest BCUT2D eigenvalue weighted by molar-refractivity contribution is 7.02. The quantitative estimate of drug-likeness (QED) is 0.156. The van der Waals surface area contributed by atoms with Crippen LogP contribution in [0.25, 0.3) is 93.6 Å². The van der Waals surface area contributed by atoms with Crippen LogP contribution in [-0.4, -0.2) is 20.4 Å². The summed E-state index contributed by atoms with van der Waals surface area (Å²) >= 11 is 0. The molecule has 0 unspecified atom stereocenters. The van der Waals surface area contributed by atoms with E-state index in [1.807, 2.05) is 0 Å². The highest BCUT2D eigenvalue weighted by atomic mass is 15.1. The minimum Gasteiger partial charge on any atom is -0.310 e. The van der Waals surface area contributed by atoms with E-state index in [0.717, 1.165) is 0 Å². The second-order valence-electron chi connectivity index (χ2n) is 31.2. The Labute approximate surface area is 497 Å². The molecule has 3 aromatic heterocycles. The lowest BCUT2D eigenvalue weighted by atomic mass is 9.33. The maximum atomic E-state index is 2.84. The smallest absolute Gasteiger partial charge is 0.253 e. The predicted molar refractivity (Wildman–Crippen MR) is 362 cm³/mol. The van der Waals surface area contributed by atoms with Crippen molar-refractivity contribution in [2.24, 2.45) is 0 Å². The molecule has 0 radical (unpaired) electrons. The summed E-state index contributed by atoms with van der Waals surface area (Å²) in [4.78, 5) is 0. The van der Waals surface area contributed by atoms with Crippen molar-refractivity contribution in [3.8, 4) is 28.2 Å². The molecular formula is C80H80BN3. The van der Waals surface area contributed by atoms with Crippen molar-refractivity contribution in [3.63, 3.8) is 0 Å². The minimum atomic E-state index is -0.647. The molecule has 0 N–H and O–H groups in total. The molecule has 6 heterocycles. The van der Waals surface area contributed by atoms with Gasteiger partial charge in [-0.25, -0.2) is 0 Å². The monoisotopic (exact) mass is 1090 g/mol. The normalized spacial score (nSPS) is 14.9. The van der Waals surface area contributed by atoms with Crippen molar-refractivity contribution >= 4 is 88.5 Å². The SMILES string of the molecule is CC(C)c1ccc(-n2c3ccc(C(C)C)cc3c3c4c5c(cc32)c2ccc(C(C)C)cc2n5-c2ccc3c5c2B4c2cc(C(C)(C)C)cc4c6cc(C(C)(C)C)cc(c6n-5c24)C32c3cc(C(C)(C)C)ccc3-c3ccc(C(C)(C)C)cc32)cc1. The number of hydrogen-bond donors (Lipinski definition) is 0. The van der Waals surface area contributed by atoms with Gasteiger partial charge in [0.25, 0.3) is 6.71 Å². The van der Waals surface area contributed by atoms with Crippen molar-refractivity contribution in [2.75, 3.05) is 0 Å². The standard InChI is InChI=1S/C80H80BN3/c1-42(2)45-19-25-52(26-20-45)82-65-31-22-46(43(3)4)33-59(65)69-68(82)41-58-55-27-21-47(44(5)6)34-67(55)83-66-32-30-60-75-70(66)81(71(69)74(58)83)64-40-51(79(16,17)18)36-57-56-35-50(78(13,14)15)39-63(72(56)84(75)73(57)64)80(60)61-37-48(76(7,8)9)23-28-53(61)54-29-24-49(38-62(54)80)77(10,11)12/h19-44H,1-18H3. The topological polar surface area (TPSA) is 14.8 Å². The summed E-state index contributed by atoms with van der Waals surface area (Å²) in [7, 11) is 0. The van der Waals surface area contributed by atoms with E-state index in [0.29, 0.717) is 17.8 Å². The molecule has 0 bridgehead atoms. The first-order chi connectivity index (χ1) is 39.7. The Morgan fingerprint density at radius 2 is 0.893 bits per heavy atom. The Kier molecular flexibility index (Phi) is 10.2. The largest absolute Gasteiger partial charge is 0.310 e. The van der Waals surface area contributed by atoms with Crippen LogP contribution in [0.15, 0.2) is 140 Å². The third kappa shape index (κ3) is 6.56. The Hall–Kier alpha value is -7.56. The van der Waals surface area contributed by atoms with Crippen molar-refractivity contribution in [1.29, 1.82) is 0 Å². The molecule has 16 rings (SSSR count). The van der Waals surface area contributed by atoms with Crippen LogP contribution in [-0.2, 0) is 27.1 Å². The highest BCUT2D eigenvalue weighted by Crippen LogP contribution is 2.63. The fourth-order valence-corrected chi connectivity index (χ4v) is 16.2. The van der Waals surface area contributed by atoms with E-state index >= 15 is 0 Å². The van der Waals surface area contributed by atoms with Crippen LogP contribution in [0.1, 0.15) is 204 Å². The summed E-state index contributed by atoms with van der Waals surface area (Å²) in [6, 6.07) is 57.9. The first-order valence-corrected chi connectivity index (χ1v) is 31.5. The molecule has 0 atom stereocenters. The maximum absolute atomic E-state index is 2.84. The Morgan fingerprint density at radius 1 is 0.357 bits per heavy atom. The van der Waals surface area contributed by atoms with Crippen LogP contribution in [0.2, 0.25) is 0 Å². The molecule has 0 saturated carbocycles. The van der Waals surface area contributed by atoms with Gasteiger partial charge < -0.3 is 13.7 Å². The molecule has 0 fully saturated rings. The fraction of sp³-hybridized carbons (Fsp3) is 0.325. The molecule has 1 spiro atoms. The van der Waals surface area contributed by atoms with Gasteiger partial charge in [0.1, 0.15) is 0 Å². The summed E-state index contributed by atoms with van der Waals surface area (Å²) in [5, 5.41) is 8.08. The molecule has 3 aliphatic heterocycles. The van der Waals surface area contributed by atoms with Gasteiger partial charge in [-0.15, -0.1) is 0 Å². The van der Waals surface area contributed by atoms with Crippen LogP contribution < -0.4 is 16.4 Å².